The number of carboxylic acids is 2. The van der Waals surface area contributed by atoms with Crippen molar-refractivity contribution in [1.29, 1.82) is 0 Å². The van der Waals surface area contributed by atoms with Crippen LogP contribution >= 0.6 is 11.6 Å². The number of carboxylic acid groups (broad SMARTS) is 2. The summed E-state index contributed by atoms with van der Waals surface area (Å²) in [4.78, 5) is 18.2. The van der Waals surface area contributed by atoms with Crippen LogP contribution in [0.2, 0.25) is 5.02 Å². The molecular formula is C22H22ClNO5. The molecule has 0 saturated heterocycles. The van der Waals surface area contributed by atoms with Crippen molar-refractivity contribution in [2.24, 2.45) is 0 Å². The minimum Gasteiger partial charge on any atom is -0.493 e. The van der Waals surface area contributed by atoms with E-state index in [1.54, 1.807) is 0 Å². The SMILES string of the molecule is Clc1ccc(OCCCNCc2ccccc2)c2ccccc12.O=C(O)C(=O)O. The summed E-state index contributed by atoms with van der Waals surface area (Å²) in [5, 5.41) is 21.1. The van der Waals surface area contributed by atoms with Gasteiger partial charge < -0.3 is 20.3 Å². The van der Waals surface area contributed by atoms with Gasteiger partial charge in [0, 0.05) is 22.3 Å². The average molecular weight is 416 g/mol. The molecule has 0 unspecified atom stereocenters. The average Bonchev–Trinajstić information content (AvgIpc) is 2.73. The second kappa shape index (κ2) is 11.7. The lowest BCUT2D eigenvalue weighted by Gasteiger charge is -2.11. The maximum atomic E-state index is 9.10. The number of rotatable bonds is 7. The molecule has 7 heteroatoms. The summed E-state index contributed by atoms with van der Waals surface area (Å²) in [6.07, 6.45) is 0.962. The van der Waals surface area contributed by atoms with Crippen LogP contribution in [0.4, 0.5) is 0 Å². The fraction of sp³-hybridized carbons (Fsp3) is 0.182. The number of nitrogens with one attached hydrogen (secondary N) is 1. The molecule has 29 heavy (non-hydrogen) atoms. The zero-order chi connectivity index (χ0) is 21.1. The molecule has 3 rings (SSSR count). The summed E-state index contributed by atoms with van der Waals surface area (Å²) < 4.78 is 5.93. The van der Waals surface area contributed by atoms with Crippen LogP contribution in [0.1, 0.15) is 12.0 Å². The maximum absolute atomic E-state index is 9.10. The molecule has 0 heterocycles. The van der Waals surface area contributed by atoms with Crippen molar-refractivity contribution in [1.82, 2.24) is 5.32 Å². The second-order valence-corrected chi connectivity index (χ2v) is 6.47. The third-order valence-electron chi connectivity index (χ3n) is 3.94. The lowest BCUT2D eigenvalue weighted by molar-refractivity contribution is -0.159. The van der Waals surface area contributed by atoms with Gasteiger partial charge in [-0.15, -0.1) is 0 Å². The highest BCUT2D eigenvalue weighted by molar-refractivity contribution is 6.35. The van der Waals surface area contributed by atoms with Crippen LogP contribution in [-0.4, -0.2) is 35.3 Å². The Morgan fingerprint density at radius 3 is 2.14 bits per heavy atom. The van der Waals surface area contributed by atoms with Gasteiger partial charge in [-0.2, -0.15) is 0 Å². The monoisotopic (exact) mass is 415 g/mol. The molecule has 152 valence electrons. The Bertz CT molecular complexity index is 934. The zero-order valence-electron chi connectivity index (χ0n) is 15.7. The lowest BCUT2D eigenvalue weighted by atomic mass is 10.1. The first-order valence-electron chi connectivity index (χ1n) is 9.00. The second-order valence-electron chi connectivity index (χ2n) is 6.07. The number of ether oxygens (including phenoxy) is 1. The molecule has 0 spiro atoms. The Morgan fingerprint density at radius 1 is 0.862 bits per heavy atom. The van der Waals surface area contributed by atoms with Gasteiger partial charge in [0.1, 0.15) is 5.75 Å². The van der Waals surface area contributed by atoms with Crippen LogP contribution in [-0.2, 0) is 16.1 Å². The van der Waals surface area contributed by atoms with Crippen LogP contribution in [0.15, 0.2) is 66.7 Å². The van der Waals surface area contributed by atoms with Crippen molar-refractivity contribution >= 4 is 34.3 Å². The van der Waals surface area contributed by atoms with Gasteiger partial charge in [0.25, 0.3) is 0 Å². The minimum atomic E-state index is -1.82. The number of hydrogen-bond donors (Lipinski definition) is 3. The number of halogens is 1. The van der Waals surface area contributed by atoms with E-state index in [1.807, 2.05) is 42.5 Å². The summed E-state index contributed by atoms with van der Waals surface area (Å²) in [6, 6.07) is 22.3. The normalized spacial score (nSPS) is 10.1. The largest absolute Gasteiger partial charge is 0.493 e. The van der Waals surface area contributed by atoms with Crippen LogP contribution in [0.25, 0.3) is 10.8 Å². The smallest absolute Gasteiger partial charge is 0.414 e. The Balaban J connectivity index is 0.000000438. The topological polar surface area (TPSA) is 95.9 Å². The van der Waals surface area contributed by atoms with E-state index in [2.05, 4.69) is 29.6 Å². The molecule has 0 aromatic heterocycles. The summed E-state index contributed by atoms with van der Waals surface area (Å²) in [6.45, 7) is 2.51. The van der Waals surface area contributed by atoms with E-state index in [0.717, 1.165) is 41.1 Å². The predicted octanol–water partition coefficient (Wildman–Crippen LogP) is 4.21. The minimum absolute atomic E-state index is 0.688. The zero-order valence-corrected chi connectivity index (χ0v) is 16.4. The third kappa shape index (κ3) is 7.44. The molecule has 0 radical (unpaired) electrons. The molecule has 3 N–H and O–H groups in total. The highest BCUT2D eigenvalue weighted by Crippen LogP contribution is 2.31. The third-order valence-corrected chi connectivity index (χ3v) is 4.27. The van der Waals surface area contributed by atoms with E-state index in [4.69, 9.17) is 36.1 Å². The number of aliphatic carboxylic acids is 2. The summed E-state index contributed by atoms with van der Waals surface area (Å²) >= 11 is 6.22. The molecular weight excluding hydrogens is 394 g/mol. The molecule has 0 aliphatic heterocycles. The van der Waals surface area contributed by atoms with Crippen LogP contribution in [0.3, 0.4) is 0 Å². The van der Waals surface area contributed by atoms with E-state index < -0.39 is 11.9 Å². The number of hydrogen-bond acceptors (Lipinski definition) is 4. The van der Waals surface area contributed by atoms with Crippen molar-refractivity contribution in [2.75, 3.05) is 13.2 Å². The Morgan fingerprint density at radius 2 is 1.48 bits per heavy atom. The molecule has 3 aromatic rings. The standard InChI is InChI=1S/C20H20ClNO.C2H2O4/c21-19-11-12-20(18-10-5-4-9-17(18)19)23-14-6-13-22-15-16-7-2-1-3-8-16;3-1(4)2(5)6/h1-5,7-12,22H,6,13-15H2;(H,3,4)(H,5,6). The fourth-order valence-electron chi connectivity index (χ4n) is 2.57. The van der Waals surface area contributed by atoms with Crippen molar-refractivity contribution in [3.05, 3.63) is 77.3 Å². The molecule has 0 amide bonds. The quantitative estimate of drug-likeness (QED) is 0.395. The molecule has 3 aromatic carbocycles. The first-order chi connectivity index (χ1) is 14.0. The number of carbonyl (C=O) groups is 2. The Hall–Kier alpha value is -3.09. The lowest BCUT2D eigenvalue weighted by Crippen LogP contribution is -2.17. The van der Waals surface area contributed by atoms with Gasteiger partial charge in [-0.1, -0.05) is 66.2 Å². The van der Waals surface area contributed by atoms with Crippen LogP contribution < -0.4 is 10.1 Å². The molecule has 0 aliphatic carbocycles. The van der Waals surface area contributed by atoms with Crippen molar-refractivity contribution < 1.29 is 24.5 Å². The van der Waals surface area contributed by atoms with Gasteiger partial charge in [-0.25, -0.2) is 9.59 Å². The van der Waals surface area contributed by atoms with E-state index in [1.165, 1.54) is 5.56 Å². The van der Waals surface area contributed by atoms with E-state index in [-0.39, 0.29) is 0 Å². The predicted molar refractivity (Wildman–Crippen MR) is 112 cm³/mol. The van der Waals surface area contributed by atoms with Crippen LogP contribution in [0, 0.1) is 0 Å². The van der Waals surface area contributed by atoms with Gasteiger partial charge in [-0.05, 0) is 30.7 Å². The van der Waals surface area contributed by atoms with E-state index in [9.17, 15) is 0 Å². The van der Waals surface area contributed by atoms with Gasteiger partial charge >= 0.3 is 11.9 Å². The van der Waals surface area contributed by atoms with Gasteiger partial charge in [0.05, 0.1) is 6.61 Å². The van der Waals surface area contributed by atoms with Crippen molar-refractivity contribution in [3.63, 3.8) is 0 Å². The molecule has 6 nitrogen and oxygen atoms in total. The highest BCUT2D eigenvalue weighted by atomic mass is 35.5. The Labute approximate surface area is 173 Å². The molecule has 0 atom stereocenters. The van der Waals surface area contributed by atoms with Gasteiger partial charge in [0.15, 0.2) is 0 Å². The van der Waals surface area contributed by atoms with Gasteiger partial charge in [-0.3, -0.25) is 0 Å². The molecule has 0 aliphatic rings. The Kier molecular flexibility index (Phi) is 8.95. The van der Waals surface area contributed by atoms with Crippen molar-refractivity contribution in [2.45, 2.75) is 13.0 Å². The summed E-state index contributed by atoms with van der Waals surface area (Å²) in [5.41, 5.74) is 1.30. The maximum Gasteiger partial charge on any atom is 0.414 e. The van der Waals surface area contributed by atoms with E-state index >= 15 is 0 Å². The van der Waals surface area contributed by atoms with Crippen molar-refractivity contribution in [3.8, 4) is 5.75 Å². The molecule has 0 fully saturated rings. The first-order valence-corrected chi connectivity index (χ1v) is 9.37. The fourth-order valence-corrected chi connectivity index (χ4v) is 2.80. The number of benzene rings is 3. The molecule has 0 saturated carbocycles. The highest BCUT2D eigenvalue weighted by Gasteiger charge is 2.05. The van der Waals surface area contributed by atoms with E-state index in [0.29, 0.717) is 6.61 Å². The first kappa shape index (κ1) is 22.2. The van der Waals surface area contributed by atoms with Crippen LogP contribution in [0.5, 0.6) is 5.75 Å². The molecule has 0 bridgehead atoms. The summed E-state index contributed by atoms with van der Waals surface area (Å²) in [7, 11) is 0. The van der Waals surface area contributed by atoms with Gasteiger partial charge in [0.2, 0.25) is 0 Å². The number of fused-ring (bicyclic) bond motifs is 1. The summed E-state index contributed by atoms with van der Waals surface area (Å²) in [5.74, 6) is -2.75.